The zero-order valence-corrected chi connectivity index (χ0v) is 7.44. The Morgan fingerprint density at radius 2 is 2.08 bits per heavy atom. The first-order valence-corrected chi connectivity index (χ1v) is 4.16. The topological polar surface area (TPSA) is 35.2 Å². The number of hydrogen-bond donors (Lipinski definition) is 1. The van der Waals surface area contributed by atoms with Gasteiger partial charge in [-0.25, -0.2) is 0 Å². The van der Waals surface area contributed by atoms with E-state index in [0.717, 1.165) is 5.56 Å². The fraction of sp³-hybridized carbons (Fsp3) is 0.273. The standard InChI is InChI=1S/C11H13NO/c1-2-11(12)9-13-8-10-6-4-3-5-7-10/h1,3-7,11H,8-9,12H2. The number of benzene rings is 1. The summed E-state index contributed by atoms with van der Waals surface area (Å²) in [6.45, 7) is 0.974. The van der Waals surface area contributed by atoms with Crippen molar-refractivity contribution in [1.82, 2.24) is 0 Å². The molecule has 1 atom stereocenters. The first kappa shape index (κ1) is 9.79. The second-order valence-electron chi connectivity index (χ2n) is 2.77. The lowest BCUT2D eigenvalue weighted by Crippen LogP contribution is -2.23. The maximum absolute atomic E-state index is 5.48. The smallest absolute Gasteiger partial charge is 0.0899 e. The van der Waals surface area contributed by atoms with Gasteiger partial charge in [-0.05, 0) is 5.56 Å². The molecule has 0 bridgehead atoms. The van der Waals surface area contributed by atoms with Crippen LogP contribution in [0.5, 0.6) is 0 Å². The van der Waals surface area contributed by atoms with Crippen molar-refractivity contribution in [1.29, 1.82) is 0 Å². The Balaban J connectivity index is 2.25. The van der Waals surface area contributed by atoms with Gasteiger partial charge in [0.05, 0.1) is 19.3 Å². The summed E-state index contributed by atoms with van der Waals surface area (Å²) in [5.74, 6) is 2.40. The van der Waals surface area contributed by atoms with Gasteiger partial charge >= 0.3 is 0 Å². The van der Waals surface area contributed by atoms with Crippen molar-refractivity contribution in [2.24, 2.45) is 5.73 Å². The van der Waals surface area contributed by atoms with E-state index in [1.165, 1.54) is 0 Å². The lowest BCUT2D eigenvalue weighted by atomic mass is 10.2. The third-order valence-electron chi connectivity index (χ3n) is 1.62. The molecule has 1 rings (SSSR count). The lowest BCUT2D eigenvalue weighted by molar-refractivity contribution is 0.118. The van der Waals surface area contributed by atoms with Crippen LogP contribution in [-0.4, -0.2) is 12.6 Å². The summed E-state index contributed by atoms with van der Waals surface area (Å²) in [5.41, 5.74) is 6.61. The molecule has 0 spiro atoms. The Hall–Kier alpha value is -1.30. The van der Waals surface area contributed by atoms with Gasteiger partial charge in [0.2, 0.25) is 0 Å². The molecule has 0 saturated heterocycles. The van der Waals surface area contributed by atoms with E-state index in [2.05, 4.69) is 5.92 Å². The SMILES string of the molecule is C#CC(N)COCc1ccccc1. The van der Waals surface area contributed by atoms with Gasteiger partial charge in [0.15, 0.2) is 0 Å². The summed E-state index contributed by atoms with van der Waals surface area (Å²) in [4.78, 5) is 0. The first-order valence-electron chi connectivity index (χ1n) is 4.16. The minimum Gasteiger partial charge on any atom is -0.374 e. The highest BCUT2D eigenvalue weighted by atomic mass is 16.5. The average Bonchev–Trinajstić information content (AvgIpc) is 2.19. The van der Waals surface area contributed by atoms with Crippen molar-refractivity contribution in [3.05, 3.63) is 35.9 Å². The number of ether oxygens (including phenoxy) is 1. The summed E-state index contributed by atoms with van der Waals surface area (Å²) >= 11 is 0. The minimum absolute atomic E-state index is 0.302. The normalized spacial score (nSPS) is 12.0. The summed E-state index contributed by atoms with van der Waals surface area (Å²) < 4.78 is 5.30. The van der Waals surface area contributed by atoms with Crippen LogP contribution in [0, 0.1) is 12.3 Å². The highest BCUT2D eigenvalue weighted by molar-refractivity contribution is 5.13. The van der Waals surface area contributed by atoms with E-state index in [1.807, 2.05) is 30.3 Å². The van der Waals surface area contributed by atoms with Crippen LogP contribution in [0.15, 0.2) is 30.3 Å². The zero-order valence-electron chi connectivity index (χ0n) is 7.44. The zero-order chi connectivity index (χ0) is 9.52. The molecule has 1 aromatic carbocycles. The Morgan fingerprint density at radius 1 is 1.38 bits per heavy atom. The van der Waals surface area contributed by atoms with Crippen LogP contribution in [0.3, 0.4) is 0 Å². The minimum atomic E-state index is -0.302. The fourth-order valence-electron chi connectivity index (χ4n) is 0.926. The molecule has 13 heavy (non-hydrogen) atoms. The summed E-state index contributed by atoms with van der Waals surface area (Å²) in [6, 6.07) is 9.61. The molecule has 0 fully saturated rings. The van der Waals surface area contributed by atoms with Gasteiger partial charge in [-0.15, -0.1) is 6.42 Å². The molecule has 1 unspecified atom stereocenters. The number of rotatable bonds is 4. The van der Waals surface area contributed by atoms with Crippen LogP contribution >= 0.6 is 0 Å². The summed E-state index contributed by atoms with van der Waals surface area (Å²) in [5, 5.41) is 0. The Labute approximate surface area is 78.7 Å². The van der Waals surface area contributed by atoms with Crippen molar-refractivity contribution in [2.75, 3.05) is 6.61 Å². The molecule has 0 heterocycles. The van der Waals surface area contributed by atoms with Crippen molar-refractivity contribution in [3.63, 3.8) is 0 Å². The van der Waals surface area contributed by atoms with Crippen LogP contribution in [0.4, 0.5) is 0 Å². The second kappa shape index (κ2) is 5.36. The van der Waals surface area contributed by atoms with Crippen molar-refractivity contribution >= 4 is 0 Å². The number of terminal acetylenes is 1. The maximum Gasteiger partial charge on any atom is 0.0899 e. The molecule has 2 N–H and O–H groups in total. The van der Waals surface area contributed by atoms with Gasteiger partial charge < -0.3 is 10.5 Å². The average molecular weight is 175 g/mol. The maximum atomic E-state index is 5.48. The quantitative estimate of drug-likeness (QED) is 0.697. The van der Waals surface area contributed by atoms with Gasteiger partial charge in [0.25, 0.3) is 0 Å². The summed E-state index contributed by atoms with van der Waals surface area (Å²) in [6.07, 6.45) is 5.10. The third-order valence-corrected chi connectivity index (χ3v) is 1.62. The van der Waals surface area contributed by atoms with E-state index >= 15 is 0 Å². The summed E-state index contributed by atoms with van der Waals surface area (Å²) in [7, 11) is 0. The molecule has 2 heteroatoms. The first-order chi connectivity index (χ1) is 6.33. The molecule has 0 radical (unpaired) electrons. The van der Waals surface area contributed by atoms with Gasteiger partial charge in [0, 0.05) is 0 Å². The van der Waals surface area contributed by atoms with Crippen molar-refractivity contribution in [3.8, 4) is 12.3 Å². The van der Waals surface area contributed by atoms with Crippen LogP contribution < -0.4 is 5.73 Å². The predicted octanol–water partition coefficient (Wildman–Crippen LogP) is 1.16. The molecule has 0 aliphatic carbocycles. The second-order valence-corrected chi connectivity index (χ2v) is 2.77. The molecule has 2 nitrogen and oxygen atoms in total. The van der Waals surface area contributed by atoms with E-state index in [9.17, 15) is 0 Å². The van der Waals surface area contributed by atoms with Gasteiger partial charge in [-0.1, -0.05) is 36.3 Å². The molecule has 0 aliphatic heterocycles. The molecule has 0 saturated carbocycles. The largest absolute Gasteiger partial charge is 0.374 e. The van der Waals surface area contributed by atoms with Gasteiger partial charge in [-0.2, -0.15) is 0 Å². The highest BCUT2D eigenvalue weighted by Crippen LogP contribution is 2.00. The van der Waals surface area contributed by atoms with Gasteiger partial charge in [-0.3, -0.25) is 0 Å². The lowest BCUT2D eigenvalue weighted by Gasteiger charge is -2.05. The molecule has 0 aromatic heterocycles. The Kier molecular flexibility index (Phi) is 4.04. The monoisotopic (exact) mass is 175 g/mol. The van der Waals surface area contributed by atoms with Crippen LogP contribution in [-0.2, 0) is 11.3 Å². The number of hydrogen-bond acceptors (Lipinski definition) is 2. The van der Waals surface area contributed by atoms with E-state index in [4.69, 9.17) is 16.9 Å². The van der Waals surface area contributed by atoms with Gasteiger partial charge in [0.1, 0.15) is 0 Å². The van der Waals surface area contributed by atoms with Crippen molar-refractivity contribution in [2.45, 2.75) is 12.6 Å². The fourth-order valence-corrected chi connectivity index (χ4v) is 0.926. The van der Waals surface area contributed by atoms with E-state index in [0.29, 0.717) is 13.2 Å². The number of nitrogens with two attached hydrogens (primary N) is 1. The van der Waals surface area contributed by atoms with E-state index < -0.39 is 0 Å². The van der Waals surface area contributed by atoms with E-state index in [-0.39, 0.29) is 6.04 Å². The molecule has 0 amide bonds. The van der Waals surface area contributed by atoms with Crippen LogP contribution in [0.2, 0.25) is 0 Å². The molecule has 68 valence electrons. The molecular formula is C11H13NO. The highest BCUT2D eigenvalue weighted by Gasteiger charge is 1.96. The molecule has 0 aliphatic rings. The third kappa shape index (κ3) is 3.75. The van der Waals surface area contributed by atoms with Crippen LogP contribution in [0.1, 0.15) is 5.56 Å². The molecule has 1 aromatic rings. The molecular weight excluding hydrogens is 162 g/mol. The van der Waals surface area contributed by atoms with Crippen LogP contribution in [0.25, 0.3) is 0 Å². The Bertz CT molecular complexity index is 276. The Morgan fingerprint density at radius 3 is 2.69 bits per heavy atom. The predicted molar refractivity (Wildman–Crippen MR) is 52.9 cm³/mol. The van der Waals surface area contributed by atoms with E-state index in [1.54, 1.807) is 0 Å². The van der Waals surface area contributed by atoms with Crippen molar-refractivity contribution < 1.29 is 4.74 Å².